The average Bonchev–Trinajstić information content (AvgIpc) is 2.96. The molecule has 0 radical (unpaired) electrons. The van der Waals surface area contributed by atoms with Crippen LogP contribution in [0.3, 0.4) is 0 Å². The van der Waals surface area contributed by atoms with Gasteiger partial charge in [-0.15, -0.1) is 0 Å². The highest BCUT2D eigenvalue weighted by Crippen LogP contribution is 2.56. The number of piperidine rings is 1. The van der Waals surface area contributed by atoms with E-state index >= 15 is 0 Å². The van der Waals surface area contributed by atoms with Crippen LogP contribution in [0.4, 0.5) is 0 Å². The molecule has 0 aromatic rings. The average molecular weight is 363 g/mol. The van der Waals surface area contributed by atoms with Gasteiger partial charge in [-0.05, 0) is 89.0 Å². The van der Waals surface area contributed by atoms with Crippen LogP contribution in [-0.2, 0) is 0 Å². The monoisotopic (exact) mass is 362 g/mol. The maximum atomic E-state index is 2.86. The van der Waals surface area contributed by atoms with Crippen molar-refractivity contribution in [2.45, 2.75) is 118 Å². The van der Waals surface area contributed by atoms with Gasteiger partial charge < -0.3 is 0 Å². The minimum absolute atomic E-state index is 0.315. The number of hydrogen-bond donors (Lipinski definition) is 0. The van der Waals surface area contributed by atoms with Crippen molar-refractivity contribution < 1.29 is 0 Å². The standard InChI is InChI=1S/C24H46N2/c1-17(2)25-16-18-15-19(18)21(25)23(6,7)12-13-24(8,9)26-14-10-11-20(26)22(3,4)5/h17-21H,10-16H2,1-9H3. The Labute approximate surface area is 164 Å². The molecule has 152 valence electrons. The smallest absolute Gasteiger partial charge is 0.0181 e. The molecule has 1 saturated carbocycles. The van der Waals surface area contributed by atoms with Crippen LogP contribution in [-0.4, -0.2) is 46.6 Å². The lowest BCUT2D eigenvalue weighted by Crippen LogP contribution is -2.52. The predicted molar refractivity (Wildman–Crippen MR) is 114 cm³/mol. The fourth-order valence-corrected chi connectivity index (χ4v) is 6.37. The zero-order valence-electron chi connectivity index (χ0n) is 19.2. The second-order valence-corrected chi connectivity index (χ2v) is 12.4. The van der Waals surface area contributed by atoms with Crippen LogP contribution in [0, 0.1) is 22.7 Å². The van der Waals surface area contributed by atoms with Gasteiger partial charge in [-0.1, -0.05) is 34.6 Å². The van der Waals surface area contributed by atoms with Gasteiger partial charge in [0.25, 0.3) is 0 Å². The Balaban J connectivity index is 1.67. The third-order valence-electron chi connectivity index (χ3n) is 8.06. The van der Waals surface area contributed by atoms with E-state index in [1.165, 1.54) is 45.2 Å². The lowest BCUT2D eigenvalue weighted by atomic mass is 9.74. The molecular weight excluding hydrogens is 316 g/mol. The minimum atomic E-state index is 0.315. The molecule has 3 aliphatic rings. The molecular formula is C24H46N2. The quantitative estimate of drug-likeness (QED) is 0.588. The van der Waals surface area contributed by atoms with Crippen LogP contribution in [0.15, 0.2) is 0 Å². The SMILES string of the molecule is CC(C)N1CC2CC2C1C(C)(C)CCC(C)(C)N1CCCC1C(C)(C)C. The number of rotatable bonds is 6. The first kappa shape index (κ1) is 20.6. The number of nitrogens with zero attached hydrogens (tertiary/aromatic N) is 2. The Bertz CT molecular complexity index is 499. The van der Waals surface area contributed by atoms with Crippen LogP contribution in [0.1, 0.15) is 94.4 Å². The van der Waals surface area contributed by atoms with Crippen molar-refractivity contribution >= 4 is 0 Å². The Morgan fingerprint density at radius 1 is 0.962 bits per heavy atom. The molecule has 0 aromatic heterocycles. The van der Waals surface area contributed by atoms with Crippen LogP contribution in [0.2, 0.25) is 0 Å². The molecule has 26 heavy (non-hydrogen) atoms. The summed E-state index contributed by atoms with van der Waals surface area (Å²) >= 11 is 0. The van der Waals surface area contributed by atoms with Gasteiger partial charge in [0.15, 0.2) is 0 Å². The van der Waals surface area contributed by atoms with Gasteiger partial charge in [0.2, 0.25) is 0 Å². The highest BCUT2D eigenvalue weighted by Gasteiger charge is 2.57. The van der Waals surface area contributed by atoms with Gasteiger partial charge in [-0.2, -0.15) is 0 Å². The van der Waals surface area contributed by atoms with E-state index in [4.69, 9.17) is 0 Å². The van der Waals surface area contributed by atoms with Crippen molar-refractivity contribution in [1.29, 1.82) is 0 Å². The fraction of sp³-hybridized carbons (Fsp3) is 1.00. The summed E-state index contributed by atoms with van der Waals surface area (Å²) in [4.78, 5) is 5.69. The summed E-state index contributed by atoms with van der Waals surface area (Å²) < 4.78 is 0. The second-order valence-electron chi connectivity index (χ2n) is 12.4. The Hall–Kier alpha value is -0.0800. The first-order valence-corrected chi connectivity index (χ1v) is 11.4. The summed E-state index contributed by atoms with van der Waals surface area (Å²) in [6, 6.07) is 2.25. The lowest BCUT2D eigenvalue weighted by Gasteiger charge is -2.48. The second kappa shape index (κ2) is 6.76. The van der Waals surface area contributed by atoms with E-state index in [1.807, 2.05) is 0 Å². The summed E-state index contributed by atoms with van der Waals surface area (Å²) in [7, 11) is 0. The third kappa shape index (κ3) is 3.88. The molecule has 2 saturated heterocycles. The van der Waals surface area contributed by atoms with E-state index < -0.39 is 0 Å². The first-order valence-electron chi connectivity index (χ1n) is 11.4. The summed E-state index contributed by atoms with van der Waals surface area (Å²) in [6.07, 6.45) is 6.93. The molecule has 0 spiro atoms. The molecule has 0 bridgehead atoms. The van der Waals surface area contributed by atoms with Crippen LogP contribution >= 0.6 is 0 Å². The van der Waals surface area contributed by atoms with Gasteiger partial charge in [0.1, 0.15) is 0 Å². The molecule has 1 aliphatic carbocycles. The van der Waals surface area contributed by atoms with Crippen LogP contribution < -0.4 is 0 Å². The topological polar surface area (TPSA) is 6.48 Å². The van der Waals surface area contributed by atoms with Crippen LogP contribution in [0.5, 0.6) is 0 Å². The van der Waals surface area contributed by atoms with Gasteiger partial charge in [-0.25, -0.2) is 0 Å². The maximum Gasteiger partial charge on any atom is 0.0181 e. The summed E-state index contributed by atoms with van der Waals surface area (Å²) in [5.41, 5.74) is 1.13. The van der Waals surface area contributed by atoms with Crippen molar-refractivity contribution in [1.82, 2.24) is 9.80 Å². The normalized spacial score (nSPS) is 33.9. The van der Waals surface area contributed by atoms with Crippen molar-refractivity contribution in [3.8, 4) is 0 Å². The van der Waals surface area contributed by atoms with Crippen molar-refractivity contribution in [3.63, 3.8) is 0 Å². The highest BCUT2D eigenvalue weighted by molar-refractivity contribution is 5.10. The summed E-state index contributed by atoms with van der Waals surface area (Å²) in [5.74, 6) is 2.00. The number of hydrogen-bond acceptors (Lipinski definition) is 2. The molecule has 2 nitrogen and oxygen atoms in total. The van der Waals surface area contributed by atoms with Crippen molar-refractivity contribution in [2.75, 3.05) is 13.1 Å². The van der Waals surface area contributed by atoms with E-state index in [0.29, 0.717) is 22.4 Å². The van der Waals surface area contributed by atoms with E-state index in [9.17, 15) is 0 Å². The van der Waals surface area contributed by atoms with E-state index in [0.717, 1.165) is 23.9 Å². The minimum Gasteiger partial charge on any atom is -0.297 e. The molecule has 4 unspecified atom stereocenters. The lowest BCUT2D eigenvalue weighted by molar-refractivity contribution is 0.0179. The Morgan fingerprint density at radius 3 is 2.19 bits per heavy atom. The maximum absolute atomic E-state index is 2.86. The molecule has 2 heteroatoms. The van der Waals surface area contributed by atoms with Gasteiger partial charge in [0.05, 0.1) is 0 Å². The number of likely N-dealkylation sites (tertiary alicyclic amines) is 2. The van der Waals surface area contributed by atoms with Gasteiger partial charge in [0, 0.05) is 30.2 Å². The Kier molecular flexibility index (Phi) is 5.37. The molecule has 0 amide bonds. The molecule has 3 fully saturated rings. The molecule has 4 atom stereocenters. The molecule has 3 rings (SSSR count). The van der Waals surface area contributed by atoms with E-state index in [2.05, 4.69) is 72.1 Å². The van der Waals surface area contributed by atoms with Gasteiger partial charge >= 0.3 is 0 Å². The zero-order valence-corrected chi connectivity index (χ0v) is 19.2. The van der Waals surface area contributed by atoms with Crippen LogP contribution in [0.25, 0.3) is 0 Å². The highest BCUT2D eigenvalue weighted by atomic mass is 15.3. The zero-order chi connectivity index (χ0) is 19.5. The molecule has 0 aromatic carbocycles. The summed E-state index contributed by atoms with van der Waals surface area (Å²) in [5, 5.41) is 0. The van der Waals surface area contributed by atoms with Crippen molar-refractivity contribution in [3.05, 3.63) is 0 Å². The summed E-state index contributed by atoms with van der Waals surface area (Å²) in [6.45, 7) is 24.9. The van der Waals surface area contributed by atoms with Crippen molar-refractivity contribution in [2.24, 2.45) is 22.7 Å². The predicted octanol–water partition coefficient (Wildman–Crippen LogP) is 5.81. The van der Waals surface area contributed by atoms with Gasteiger partial charge in [-0.3, -0.25) is 9.80 Å². The Morgan fingerprint density at radius 2 is 1.62 bits per heavy atom. The largest absolute Gasteiger partial charge is 0.297 e. The molecule has 2 heterocycles. The molecule has 2 aliphatic heterocycles. The fourth-order valence-electron chi connectivity index (χ4n) is 6.37. The number of fused-ring (bicyclic) bond motifs is 1. The van der Waals surface area contributed by atoms with E-state index in [-0.39, 0.29) is 0 Å². The molecule has 0 N–H and O–H groups in total. The first-order chi connectivity index (χ1) is 11.8. The third-order valence-corrected chi connectivity index (χ3v) is 8.06. The van der Waals surface area contributed by atoms with E-state index in [1.54, 1.807) is 0 Å².